The van der Waals surface area contributed by atoms with Gasteiger partial charge in [-0.3, -0.25) is 0 Å². The van der Waals surface area contributed by atoms with Crippen molar-refractivity contribution in [1.82, 2.24) is 20.3 Å². The lowest BCUT2D eigenvalue weighted by Crippen LogP contribution is -2.26. The van der Waals surface area contributed by atoms with Gasteiger partial charge in [-0.15, -0.1) is 11.3 Å². The highest BCUT2D eigenvalue weighted by Gasteiger charge is 2.28. The number of halogens is 1. The largest absolute Gasteiger partial charge is 0.317 e. The molecule has 1 saturated carbocycles. The number of aromatic nitrogens is 3. The van der Waals surface area contributed by atoms with Gasteiger partial charge in [0.05, 0.1) is 21.3 Å². The van der Waals surface area contributed by atoms with Crippen molar-refractivity contribution in [2.24, 2.45) is 0 Å². The molecule has 1 aliphatic heterocycles. The summed E-state index contributed by atoms with van der Waals surface area (Å²) >= 11 is 1.74. The Bertz CT molecular complexity index is 959. The maximum atomic E-state index is 13.5. The number of hydrogen-bond donors (Lipinski definition) is 1. The van der Waals surface area contributed by atoms with Crippen LogP contribution in [0.3, 0.4) is 0 Å². The second kappa shape index (κ2) is 7.68. The zero-order valence-corrected chi connectivity index (χ0v) is 16.4. The van der Waals surface area contributed by atoms with Crippen molar-refractivity contribution in [2.45, 2.75) is 43.9 Å². The molecule has 6 heteroatoms. The van der Waals surface area contributed by atoms with Crippen LogP contribution >= 0.6 is 11.3 Å². The van der Waals surface area contributed by atoms with E-state index in [9.17, 15) is 4.39 Å². The van der Waals surface area contributed by atoms with Crippen molar-refractivity contribution >= 4 is 11.3 Å². The van der Waals surface area contributed by atoms with Crippen LogP contribution in [0.2, 0.25) is 0 Å². The van der Waals surface area contributed by atoms with Gasteiger partial charge in [0.15, 0.2) is 6.33 Å². The first-order valence-corrected chi connectivity index (χ1v) is 10.8. The first kappa shape index (κ1) is 17.9. The molecule has 1 N–H and O–H groups in total. The maximum Gasteiger partial charge on any atom is 0.198 e. The van der Waals surface area contributed by atoms with Crippen LogP contribution in [0.15, 0.2) is 30.5 Å². The van der Waals surface area contributed by atoms with Crippen molar-refractivity contribution < 1.29 is 4.39 Å². The molecule has 0 unspecified atom stereocenters. The van der Waals surface area contributed by atoms with E-state index in [4.69, 9.17) is 4.98 Å². The van der Waals surface area contributed by atoms with Gasteiger partial charge < -0.3 is 5.32 Å². The molecule has 1 saturated heterocycles. The van der Waals surface area contributed by atoms with E-state index >= 15 is 0 Å². The van der Waals surface area contributed by atoms with E-state index in [-0.39, 0.29) is 5.82 Å². The number of rotatable bonds is 4. The molecule has 2 fully saturated rings. The first-order valence-electron chi connectivity index (χ1n) is 10.0. The van der Waals surface area contributed by atoms with Crippen molar-refractivity contribution in [2.75, 3.05) is 13.1 Å². The highest BCUT2D eigenvalue weighted by Crippen LogP contribution is 2.45. The normalized spacial score (nSPS) is 18.2. The molecule has 4 nitrogen and oxygen atoms in total. The Labute approximate surface area is 168 Å². The summed E-state index contributed by atoms with van der Waals surface area (Å²) in [5.74, 6) is 0.761. The van der Waals surface area contributed by atoms with E-state index in [1.54, 1.807) is 11.3 Å². The predicted octanol–water partition coefficient (Wildman–Crippen LogP) is 4.94. The molecule has 28 heavy (non-hydrogen) atoms. The Hall–Kier alpha value is -2.18. The Morgan fingerprint density at radius 2 is 1.79 bits per heavy atom. The van der Waals surface area contributed by atoms with Gasteiger partial charge in [0.2, 0.25) is 0 Å². The zero-order chi connectivity index (χ0) is 18.9. The molecule has 1 radical (unpaired) electrons. The minimum atomic E-state index is -0.232. The first-order chi connectivity index (χ1) is 13.8. The Balaban J connectivity index is 1.63. The Morgan fingerprint density at radius 3 is 2.50 bits per heavy atom. The quantitative estimate of drug-likeness (QED) is 0.682. The van der Waals surface area contributed by atoms with Crippen LogP contribution in [0.25, 0.3) is 21.8 Å². The van der Waals surface area contributed by atoms with Gasteiger partial charge >= 0.3 is 0 Å². The fourth-order valence-electron chi connectivity index (χ4n) is 4.05. The summed E-state index contributed by atoms with van der Waals surface area (Å²) in [5, 5.41) is 4.59. The van der Waals surface area contributed by atoms with E-state index in [0.29, 0.717) is 11.8 Å². The molecule has 0 spiro atoms. The lowest BCUT2D eigenvalue weighted by Gasteiger charge is -2.26. The lowest BCUT2D eigenvalue weighted by molar-refractivity contribution is 0.419. The molecule has 2 aliphatic rings. The van der Waals surface area contributed by atoms with Crippen LogP contribution in [0.4, 0.5) is 4.39 Å². The number of hydrogen-bond acceptors (Lipinski definition) is 5. The van der Waals surface area contributed by atoms with E-state index in [0.717, 1.165) is 52.8 Å². The Morgan fingerprint density at radius 1 is 1.00 bits per heavy atom. The number of nitrogens with one attached hydrogen (secondary N) is 1. The van der Waals surface area contributed by atoms with Crippen LogP contribution in [0.5, 0.6) is 0 Å². The minimum absolute atomic E-state index is 0.232. The summed E-state index contributed by atoms with van der Waals surface area (Å²) < 4.78 is 13.5. The third-order valence-corrected chi connectivity index (χ3v) is 7.13. The van der Waals surface area contributed by atoms with Gasteiger partial charge in [0.1, 0.15) is 5.82 Å². The minimum Gasteiger partial charge on any atom is -0.317 e. The van der Waals surface area contributed by atoms with E-state index in [1.807, 2.05) is 18.3 Å². The summed E-state index contributed by atoms with van der Waals surface area (Å²) in [5.41, 5.74) is 4.00. The van der Waals surface area contributed by atoms with Crippen LogP contribution in [0.1, 0.15) is 54.5 Å². The summed E-state index contributed by atoms with van der Waals surface area (Å²) in [7, 11) is 0. The summed E-state index contributed by atoms with van der Waals surface area (Å²) in [6, 6.07) is 6.63. The molecule has 143 valence electrons. The van der Waals surface area contributed by atoms with Crippen molar-refractivity contribution in [3.05, 3.63) is 53.2 Å². The van der Waals surface area contributed by atoms with Gasteiger partial charge in [-0.05, 0) is 69.0 Å². The third-order valence-electron chi connectivity index (χ3n) is 5.91. The molecule has 0 bridgehead atoms. The molecule has 3 heterocycles. The second-order valence-corrected chi connectivity index (χ2v) is 8.69. The van der Waals surface area contributed by atoms with E-state index in [2.05, 4.69) is 21.6 Å². The monoisotopic (exact) mass is 393 g/mol. The van der Waals surface area contributed by atoms with Crippen LogP contribution in [0, 0.1) is 12.1 Å². The van der Waals surface area contributed by atoms with Gasteiger partial charge in [-0.2, -0.15) is 0 Å². The zero-order valence-electron chi connectivity index (χ0n) is 15.6. The predicted molar refractivity (Wildman–Crippen MR) is 109 cm³/mol. The fraction of sp³-hybridized carbons (Fsp3) is 0.409. The number of nitrogens with zero attached hydrogens (tertiary/aromatic N) is 3. The maximum absolute atomic E-state index is 13.5. The molecule has 0 atom stereocenters. The molecule has 1 aromatic carbocycles. The lowest BCUT2D eigenvalue weighted by atomic mass is 9.79. The van der Waals surface area contributed by atoms with Crippen LogP contribution in [-0.4, -0.2) is 28.0 Å². The molecule has 2 aromatic heterocycles. The topological polar surface area (TPSA) is 50.7 Å². The molecular weight excluding hydrogens is 371 g/mol. The van der Waals surface area contributed by atoms with Gasteiger partial charge in [0.25, 0.3) is 0 Å². The average Bonchev–Trinajstić information content (AvgIpc) is 3.14. The number of thiazole rings is 1. The smallest absolute Gasteiger partial charge is 0.198 e. The summed E-state index contributed by atoms with van der Waals surface area (Å²) in [6.45, 7) is 2.06. The van der Waals surface area contributed by atoms with E-state index in [1.165, 1.54) is 37.0 Å². The standard InChI is InChI=1S/C22H22FN4S/c23-17-6-4-15(5-7-17)19-21(28-22(27-19)16-8-10-24-11-9-16)20-18(12-25-13-26-20)14-2-1-3-14/h4-7,12,14,16,24H,1-3,8-11H2. The summed E-state index contributed by atoms with van der Waals surface area (Å²) in [4.78, 5) is 14.9. The highest BCUT2D eigenvalue weighted by molar-refractivity contribution is 7.15. The highest BCUT2D eigenvalue weighted by atomic mass is 32.1. The molecule has 5 rings (SSSR count). The van der Waals surface area contributed by atoms with Crippen molar-refractivity contribution in [1.29, 1.82) is 0 Å². The van der Waals surface area contributed by atoms with Gasteiger partial charge in [0, 0.05) is 23.2 Å². The van der Waals surface area contributed by atoms with Gasteiger partial charge in [-0.25, -0.2) is 19.3 Å². The summed E-state index contributed by atoms with van der Waals surface area (Å²) in [6.07, 6.45) is 10.5. The molecule has 0 amide bonds. The third kappa shape index (κ3) is 3.35. The van der Waals surface area contributed by atoms with Crippen LogP contribution in [-0.2, 0) is 0 Å². The second-order valence-electron chi connectivity index (χ2n) is 7.66. The fourth-order valence-corrected chi connectivity index (χ4v) is 5.32. The van der Waals surface area contributed by atoms with E-state index < -0.39 is 0 Å². The average molecular weight is 394 g/mol. The molecule has 3 aromatic rings. The van der Waals surface area contributed by atoms with Crippen molar-refractivity contribution in [3.8, 4) is 21.8 Å². The van der Waals surface area contributed by atoms with Crippen LogP contribution < -0.4 is 5.32 Å². The number of benzene rings is 1. The molecular formula is C22H22FN4S. The SMILES string of the molecule is Fc1ccc(-c2nc(C3CCNCC3)sc2-c2n[c]ncc2C2CCC2)cc1. The number of piperidine rings is 1. The van der Waals surface area contributed by atoms with Crippen molar-refractivity contribution in [3.63, 3.8) is 0 Å². The molecule has 1 aliphatic carbocycles. The van der Waals surface area contributed by atoms with Gasteiger partial charge in [-0.1, -0.05) is 6.42 Å². The Kier molecular flexibility index (Phi) is 4.91.